The SMILES string of the molecule is NCC1(C(=O)N(Cc2ccc(F)cc2)C2CC2)CCCC1. The Bertz CT molecular complexity index is 504. The van der Waals surface area contributed by atoms with Gasteiger partial charge in [-0.15, -0.1) is 0 Å². The second-order valence-electron chi connectivity index (χ2n) is 6.48. The van der Waals surface area contributed by atoms with Gasteiger partial charge in [0.2, 0.25) is 5.91 Å². The summed E-state index contributed by atoms with van der Waals surface area (Å²) in [4.78, 5) is 15.0. The Kier molecular flexibility index (Phi) is 3.98. The van der Waals surface area contributed by atoms with E-state index in [0.717, 1.165) is 44.1 Å². The van der Waals surface area contributed by atoms with Gasteiger partial charge in [0.15, 0.2) is 0 Å². The first-order valence-corrected chi connectivity index (χ1v) is 7.90. The maximum atomic E-state index is 13.0. The fourth-order valence-electron chi connectivity index (χ4n) is 3.40. The van der Waals surface area contributed by atoms with Crippen LogP contribution in [0.2, 0.25) is 0 Å². The van der Waals surface area contributed by atoms with Crippen LogP contribution in [0.15, 0.2) is 24.3 Å². The molecule has 1 aromatic carbocycles. The molecule has 0 unspecified atom stereocenters. The molecule has 2 aliphatic rings. The van der Waals surface area contributed by atoms with Gasteiger partial charge in [0, 0.05) is 19.1 Å². The molecule has 1 aromatic rings. The van der Waals surface area contributed by atoms with E-state index >= 15 is 0 Å². The van der Waals surface area contributed by atoms with Gasteiger partial charge in [-0.1, -0.05) is 25.0 Å². The highest BCUT2D eigenvalue weighted by Gasteiger charge is 2.45. The number of benzene rings is 1. The molecule has 0 radical (unpaired) electrons. The van der Waals surface area contributed by atoms with E-state index in [1.807, 2.05) is 4.90 Å². The number of halogens is 1. The Balaban J connectivity index is 1.78. The largest absolute Gasteiger partial charge is 0.335 e. The quantitative estimate of drug-likeness (QED) is 0.906. The molecule has 3 rings (SSSR count). The highest BCUT2D eigenvalue weighted by Crippen LogP contribution is 2.41. The molecule has 2 aliphatic carbocycles. The first-order chi connectivity index (χ1) is 10.1. The molecular formula is C17H23FN2O. The monoisotopic (exact) mass is 290 g/mol. The Labute approximate surface area is 125 Å². The first-order valence-electron chi connectivity index (χ1n) is 7.90. The highest BCUT2D eigenvalue weighted by molar-refractivity contribution is 5.84. The van der Waals surface area contributed by atoms with Crippen molar-refractivity contribution < 1.29 is 9.18 Å². The molecule has 2 saturated carbocycles. The maximum Gasteiger partial charge on any atom is 0.230 e. The summed E-state index contributed by atoms with van der Waals surface area (Å²) in [5.74, 6) is -0.0217. The molecule has 1 amide bonds. The summed E-state index contributed by atoms with van der Waals surface area (Å²) in [6.07, 6.45) is 6.17. The number of hydrogen-bond donors (Lipinski definition) is 1. The smallest absolute Gasteiger partial charge is 0.230 e. The number of nitrogens with zero attached hydrogens (tertiary/aromatic N) is 1. The minimum Gasteiger partial charge on any atom is -0.335 e. The van der Waals surface area contributed by atoms with E-state index in [1.54, 1.807) is 12.1 Å². The fraction of sp³-hybridized carbons (Fsp3) is 0.588. The molecule has 0 atom stereocenters. The number of hydrogen-bond acceptors (Lipinski definition) is 2. The third kappa shape index (κ3) is 2.95. The number of nitrogens with two attached hydrogens (primary N) is 1. The molecule has 0 saturated heterocycles. The zero-order valence-electron chi connectivity index (χ0n) is 12.4. The molecule has 0 bridgehead atoms. The van der Waals surface area contributed by atoms with Crippen molar-refractivity contribution in [3.05, 3.63) is 35.6 Å². The molecule has 2 N–H and O–H groups in total. The van der Waals surface area contributed by atoms with Crippen LogP contribution in [-0.2, 0) is 11.3 Å². The number of rotatable bonds is 5. The molecular weight excluding hydrogens is 267 g/mol. The van der Waals surface area contributed by atoms with Crippen LogP contribution < -0.4 is 5.73 Å². The fourth-order valence-corrected chi connectivity index (χ4v) is 3.40. The highest BCUT2D eigenvalue weighted by atomic mass is 19.1. The molecule has 4 heteroatoms. The van der Waals surface area contributed by atoms with Crippen molar-refractivity contribution in [3.8, 4) is 0 Å². The van der Waals surface area contributed by atoms with Crippen LogP contribution in [0.1, 0.15) is 44.1 Å². The van der Waals surface area contributed by atoms with Crippen molar-refractivity contribution in [3.63, 3.8) is 0 Å². The summed E-state index contributed by atoms with van der Waals surface area (Å²) in [6.45, 7) is 1.02. The van der Waals surface area contributed by atoms with Gasteiger partial charge in [0.1, 0.15) is 5.82 Å². The summed E-state index contributed by atoms with van der Waals surface area (Å²) >= 11 is 0. The van der Waals surface area contributed by atoms with Gasteiger partial charge in [-0.05, 0) is 43.4 Å². The lowest BCUT2D eigenvalue weighted by Gasteiger charge is -2.34. The van der Waals surface area contributed by atoms with Crippen LogP contribution in [0.4, 0.5) is 4.39 Å². The Morgan fingerprint density at radius 1 is 1.24 bits per heavy atom. The van der Waals surface area contributed by atoms with Gasteiger partial charge in [-0.2, -0.15) is 0 Å². The Hall–Kier alpha value is -1.42. The summed E-state index contributed by atoms with van der Waals surface area (Å²) in [5, 5.41) is 0. The van der Waals surface area contributed by atoms with Gasteiger partial charge in [-0.3, -0.25) is 4.79 Å². The van der Waals surface area contributed by atoms with Gasteiger partial charge in [0.05, 0.1) is 5.41 Å². The minimum absolute atomic E-state index is 0.217. The van der Waals surface area contributed by atoms with Crippen molar-refractivity contribution in [1.29, 1.82) is 0 Å². The number of carbonyl (C=O) groups is 1. The van der Waals surface area contributed by atoms with E-state index < -0.39 is 0 Å². The van der Waals surface area contributed by atoms with Crippen LogP contribution in [-0.4, -0.2) is 23.4 Å². The van der Waals surface area contributed by atoms with E-state index in [-0.39, 0.29) is 17.1 Å². The summed E-state index contributed by atoms with van der Waals surface area (Å²) in [7, 11) is 0. The van der Waals surface area contributed by atoms with Crippen LogP contribution in [0, 0.1) is 11.2 Å². The molecule has 3 nitrogen and oxygen atoms in total. The van der Waals surface area contributed by atoms with Gasteiger partial charge in [-0.25, -0.2) is 4.39 Å². The van der Waals surface area contributed by atoms with Crippen molar-refractivity contribution in [1.82, 2.24) is 4.90 Å². The third-order valence-electron chi connectivity index (χ3n) is 4.92. The normalized spacial score (nSPS) is 20.5. The molecule has 0 heterocycles. The van der Waals surface area contributed by atoms with E-state index in [1.165, 1.54) is 12.1 Å². The van der Waals surface area contributed by atoms with Crippen molar-refractivity contribution >= 4 is 5.91 Å². The molecule has 0 aromatic heterocycles. The second kappa shape index (κ2) is 5.76. The molecule has 0 aliphatic heterocycles. The van der Waals surface area contributed by atoms with Crippen molar-refractivity contribution in [2.24, 2.45) is 11.1 Å². The van der Waals surface area contributed by atoms with E-state index in [2.05, 4.69) is 0 Å². The van der Waals surface area contributed by atoms with Gasteiger partial charge < -0.3 is 10.6 Å². The molecule has 21 heavy (non-hydrogen) atoms. The lowest BCUT2D eigenvalue weighted by Crippen LogP contribution is -2.47. The van der Waals surface area contributed by atoms with Crippen LogP contribution >= 0.6 is 0 Å². The average Bonchev–Trinajstić information content (AvgIpc) is 3.22. The second-order valence-corrected chi connectivity index (χ2v) is 6.48. The minimum atomic E-state index is -0.345. The topological polar surface area (TPSA) is 46.3 Å². The van der Waals surface area contributed by atoms with Crippen LogP contribution in [0.5, 0.6) is 0 Å². The van der Waals surface area contributed by atoms with E-state index in [4.69, 9.17) is 5.73 Å². The Morgan fingerprint density at radius 2 is 1.86 bits per heavy atom. The molecule has 0 spiro atoms. The zero-order valence-corrected chi connectivity index (χ0v) is 12.4. The standard InChI is InChI=1S/C17H23FN2O/c18-14-5-3-13(4-6-14)11-20(15-7-8-15)16(21)17(12-19)9-1-2-10-17/h3-6,15H,1-2,7-12,19H2. The van der Waals surface area contributed by atoms with Crippen LogP contribution in [0.25, 0.3) is 0 Å². The Morgan fingerprint density at radius 3 is 2.38 bits per heavy atom. The zero-order chi connectivity index (χ0) is 14.9. The lowest BCUT2D eigenvalue weighted by atomic mass is 9.84. The summed E-state index contributed by atoms with van der Waals surface area (Å²) in [6, 6.07) is 6.80. The van der Waals surface area contributed by atoms with Gasteiger partial charge in [0.25, 0.3) is 0 Å². The molecule has 114 valence electrons. The van der Waals surface area contributed by atoms with E-state index in [0.29, 0.717) is 19.1 Å². The van der Waals surface area contributed by atoms with E-state index in [9.17, 15) is 9.18 Å². The maximum absolute atomic E-state index is 13.0. The first kappa shape index (κ1) is 14.5. The predicted molar refractivity (Wildman–Crippen MR) is 79.9 cm³/mol. The third-order valence-corrected chi connectivity index (χ3v) is 4.92. The van der Waals surface area contributed by atoms with Gasteiger partial charge >= 0.3 is 0 Å². The number of amides is 1. The summed E-state index contributed by atoms with van der Waals surface area (Å²) in [5.41, 5.74) is 6.59. The van der Waals surface area contributed by atoms with Crippen molar-refractivity contribution in [2.75, 3.05) is 6.54 Å². The van der Waals surface area contributed by atoms with Crippen LogP contribution in [0.3, 0.4) is 0 Å². The van der Waals surface area contributed by atoms with Crippen molar-refractivity contribution in [2.45, 2.75) is 51.1 Å². The lowest BCUT2D eigenvalue weighted by molar-refractivity contribution is -0.142. The predicted octanol–water partition coefficient (Wildman–Crippen LogP) is 2.84. The molecule has 2 fully saturated rings. The number of carbonyl (C=O) groups excluding carboxylic acids is 1. The summed E-state index contributed by atoms with van der Waals surface area (Å²) < 4.78 is 13.0. The average molecular weight is 290 g/mol.